The lowest BCUT2D eigenvalue weighted by Gasteiger charge is -2.45. The number of ether oxygens (including phenoxy) is 2. The zero-order valence-electron chi connectivity index (χ0n) is 20.0. The molecule has 1 aliphatic heterocycles. The lowest BCUT2D eigenvalue weighted by atomic mass is 9.93. The number of carbonyl (C=O) groups is 1. The van der Waals surface area contributed by atoms with Gasteiger partial charge in [-0.3, -0.25) is 9.47 Å². The standard InChI is InChI=1S/C25H28F2N2O5/c1-7-24(2,3)29-13-16-10-15(8-9-25(4,5)33-6)21(34-23(26)27)11-17(16)19-12-20(30)18(22(31)32)14-28(19)29/h10-12,14,23H,7,13H2,1-6H3,(H,31,32). The smallest absolute Gasteiger partial charge is 0.387 e. The first-order valence-corrected chi connectivity index (χ1v) is 10.8. The maximum Gasteiger partial charge on any atom is 0.387 e. The van der Waals surface area contributed by atoms with Crippen molar-refractivity contribution in [2.45, 2.75) is 65.3 Å². The molecule has 1 aromatic carbocycles. The third-order valence-corrected chi connectivity index (χ3v) is 6.11. The van der Waals surface area contributed by atoms with E-state index in [1.54, 1.807) is 24.6 Å². The first kappa shape index (κ1) is 25.2. The van der Waals surface area contributed by atoms with Gasteiger partial charge >= 0.3 is 12.6 Å². The third-order valence-electron chi connectivity index (χ3n) is 6.11. The molecule has 1 N–H and O–H groups in total. The van der Waals surface area contributed by atoms with Crippen molar-refractivity contribution in [3.63, 3.8) is 0 Å². The molecule has 0 unspecified atom stereocenters. The van der Waals surface area contributed by atoms with Gasteiger partial charge in [0, 0.05) is 24.9 Å². The number of aromatic carboxylic acids is 1. The first-order chi connectivity index (χ1) is 15.8. The Balaban J connectivity index is 2.31. The number of nitrogens with zero attached hydrogens (tertiary/aromatic N) is 2. The highest BCUT2D eigenvalue weighted by Gasteiger charge is 2.33. The monoisotopic (exact) mass is 474 g/mol. The lowest BCUT2D eigenvalue weighted by Crippen LogP contribution is -2.52. The number of carboxylic acid groups (broad SMARTS) is 1. The van der Waals surface area contributed by atoms with Crippen LogP contribution in [0.2, 0.25) is 0 Å². The third kappa shape index (κ3) is 4.92. The number of hydrogen-bond donors (Lipinski definition) is 1. The molecule has 34 heavy (non-hydrogen) atoms. The number of pyridine rings is 1. The number of hydrogen-bond acceptors (Lipinski definition) is 5. The van der Waals surface area contributed by atoms with Crippen LogP contribution in [0.4, 0.5) is 8.78 Å². The SMILES string of the molecule is CCC(C)(C)N1Cc2cc(C#CC(C)(C)OC)c(OC(F)F)cc2-c2cc(=O)c(C(=O)O)cn21. The minimum Gasteiger partial charge on any atom is -0.477 e. The Kier molecular flexibility index (Phi) is 6.76. The molecule has 9 heteroatoms. The quantitative estimate of drug-likeness (QED) is 0.631. The molecule has 0 saturated carbocycles. The number of benzene rings is 1. The number of carboxylic acids is 1. The highest BCUT2D eigenvalue weighted by atomic mass is 19.3. The summed E-state index contributed by atoms with van der Waals surface area (Å²) in [6, 6.07) is 4.31. The molecular weight excluding hydrogens is 446 g/mol. The minimum atomic E-state index is -3.08. The van der Waals surface area contributed by atoms with Crippen molar-refractivity contribution in [2.24, 2.45) is 0 Å². The summed E-state index contributed by atoms with van der Waals surface area (Å²) in [6.07, 6.45) is 2.00. The molecule has 0 fully saturated rings. The van der Waals surface area contributed by atoms with Crippen LogP contribution in [0.5, 0.6) is 5.75 Å². The fraction of sp³-hybridized carbons (Fsp3) is 0.440. The molecule has 0 saturated heterocycles. The van der Waals surface area contributed by atoms with Gasteiger partial charge in [0.15, 0.2) is 5.43 Å². The highest BCUT2D eigenvalue weighted by Crippen LogP contribution is 2.37. The van der Waals surface area contributed by atoms with E-state index in [1.807, 2.05) is 25.8 Å². The van der Waals surface area contributed by atoms with Gasteiger partial charge in [0.1, 0.15) is 16.9 Å². The van der Waals surface area contributed by atoms with Crippen LogP contribution in [0.1, 0.15) is 62.5 Å². The van der Waals surface area contributed by atoms with Gasteiger partial charge in [-0.2, -0.15) is 8.78 Å². The Morgan fingerprint density at radius 2 is 1.91 bits per heavy atom. The molecule has 2 heterocycles. The summed E-state index contributed by atoms with van der Waals surface area (Å²) < 4.78 is 38.1. The number of alkyl halides is 2. The topological polar surface area (TPSA) is 81.0 Å². The van der Waals surface area contributed by atoms with Gasteiger partial charge in [0.2, 0.25) is 0 Å². The van der Waals surface area contributed by atoms with E-state index in [0.29, 0.717) is 17.8 Å². The van der Waals surface area contributed by atoms with E-state index in [2.05, 4.69) is 11.8 Å². The summed E-state index contributed by atoms with van der Waals surface area (Å²) in [5.41, 5.74) is -0.402. The maximum absolute atomic E-state index is 13.2. The predicted octanol–water partition coefficient (Wildman–Crippen LogP) is 4.23. The number of rotatable bonds is 6. The van der Waals surface area contributed by atoms with Crippen LogP contribution in [-0.4, -0.2) is 40.6 Å². The van der Waals surface area contributed by atoms with E-state index < -0.39 is 29.1 Å². The Morgan fingerprint density at radius 3 is 2.47 bits per heavy atom. The number of halogens is 2. The normalized spacial score (nSPS) is 13.1. The zero-order valence-corrected chi connectivity index (χ0v) is 20.0. The molecule has 0 aliphatic carbocycles. The second-order valence-electron chi connectivity index (χ2n) is 9.16. The van der Waals surface area contributed by atoms with E-state index >= 15 is 0 Å². The van der Waals surface area contributed by atoms with Gasteiger partial charge in [-0.1, -0.05) is 18.8 Å². The van der Waals surface area contributed by atoms with Crippen LogP contribution in [0, 0.1) is 11.8 Å². The molecule has 3 rings (SSSR count). The second kappa shape index (κ2) is 9.11. The van der Waals surface area contributed by atoms with Crippen molar-refractivity contribution in [2.75, 3.05) is 12.1 Å². The molecule has 1 aromatic heterocycles. The van der Waals surface area contributed by atoms with Crippen LogP contribution in [0.15, 0.2) is 29.2 Å². The van der Waals surface area contributed by atoms with Crippen molar-refractivity contribution in [1.82, 2.24) is 4.68 Å². The fourth-order valence-electron chi connectivity index (χ4n) is 3.56. The van der Waals surface area contributed by atoms with Gasteiger partial charge in [0.25, 0.3) is 0 Å². The number of fused-ring (bicyclic) bond motifs is 3. The molecular formula is C25H28F2N2O5. The fourth-order valence-corrected chi connectivity index (χ4v) is 3.56. The second-order valence-corrected chi connectivity index (χ2v) is 9.16. The van der Waals surface area contributed by atoms with E-state index in [1.165, 1.54) is 25.4 Å². The molecule has 7 nitrogen and oxygen atoms in total. The largest absolute Gasteiger partial charge is 0.477 e. The van der Waals surface area contributed by atoms with Gasteiger partial charge in [-0.25, -0.2) is 4.79 Å². The van der Waals surface area contributed by atoms with Crippen molar-refractivity contribution in [3.8, 4) is 28.8 Å². The summed E-state index contributed by atoms with van der Waals surface area (Å²) in [5.74, 6) is 4.32. The maximum atomic E-state index is 13.2. The summed E-state index contributed by atoms with van der Waals surface area (Å²) in [6.45, 7) is 6.75. The van der Waals surface area contributed by atoms with Crippen LogP contribution in [0.3, 0.4) is 0 Å². The number of methoxy groups -OCH3 is 1. The van der Waals surface area contributed by atoms with E-state index in [9.17, 15) is 23.5 Å². The van der Waals surface area contributed by atoms with Gasteiger partial charge in [-0.15, -0.1) is 0 Å². The Hall–Kier alpha value is -3.38. The Labute approximate surface area is 196 Å². The average Bonchev–Trinajstić information content (AvgIpc) is 2.76. The van der Waals surface area contributed by atoms with Gasteiger partial charge < -0.3 is 19.6 Å². The molecule has 1 aliphatic rings. The molecule has 0 bridgehead atoms. The van der Waals surface area contributed by atoms with Crippen LogP contribution in [0.25, 0.3) is 11.3 Å². The molecule has 0 amide bonds. The van der Waals surface area contributed by atoms with Crippen LogP contribution in [-0.2, 0) is 11.3 Å². The molecule has 0 spiro atoms. The summed E-state index contributed by atoms with van der Waals surface area (Å²) in [5, 5.41) is 11.4. The molecule has 182 valence electrons. The molecule has 0 atom stereocenters. The minimum absolute atomic E-state index is 0.141. The zero-order chi connectivity index (χ0) is 25.4. The summed E-state index contributed by atoms with van der Waals surface area (Å²) >= 11 is 0. The van der Waals surface area contributed by atoms with E-state index in [0.717, 1.165) is 12.0 Å². The Morgan fingerprint density at radius 1 is 1.24 bits per heavy atom. The predicted molar refractivity (Wildman–Crippen MR) is 124 cm³/mol. The average molecular weight is 475 g/mol. The Bertz CT molecular complexity index is 1240. The van der Waals surface area contributed by atoms with Gasteiger partial charge in [-0.05, 0) is 51.8 Å². The van der Waals surface area contributed by atoms with Crippen molar-refractivity contribution >= 4 is 5.97 Å². The van der Waals surface area contributed by atoms with Gasteiger partial charge in [0.05, 0.1) is 23.3 Å². The molecule has 2 aromatic rings. The molecule has 0 radical (unpaired) electrons. The summed E-state index contributed by atoms with van der Waals surface area (Å²) in [7, 11) is 1.50. The lowest BCUT2D eigenvalue weighted by molar-refractivity contribution is -0.0500. The van der Waals surface area contributed by atoms with Crippen molar-refractivity contribution in [1.29, 1.82) is 0 Å². The highest BCUT2D eigenvalue weighted by molar-refractivity contribution is 5.88. The number of aromatic nitrogens is 1. The first-order valence-electron chi connectivity index (χ1n) is 10.8. The van der Waals surface area contributed by atoms with Crippen molar-refractivity contribution < 1.29 is 28.2 Å². The van der Waals surface area contributed by atoms with E-state index in [4.69, 9.17) is 9.47 Å². The van der Waals surface area contributed by atoms with Crippen LogP contribution >= 0.6 is 0 Å². The van der Waals surface area contributed by atoms with E-state index in [-0.39, 0.29) is 16.9 Å². The summed E-state index contributed by atoms with van der Waals surface area (Å²) in [4.78, 5) is 24.2. The van der Waals surface area contributed by atoms with Crippen molar-refractivity contribution in [3.05, 3.63) is 51.3 Å². The van der Waals surface area contributed by atoms with Crippen LogP contribution < -0.4 is 15.2 Å².